The molecule has 2 aliphatic heterocycles. The van der Waals surface area contributed by atoms with E-state index in [1.54, 1.807) is 0 Å². The Bertz CT molecular complexity index is 2670. The Morgan fingerprint density at radius 3 is 1.12 bits per heavy atom. The Morgan fingerprint density at radius 1 is 0.360 bits per heavy atom. The van der Waals surface area contributed by atoms with Crippen LogP contribution in [-0.4, -0.2) is 19.9 Å². The second-order valence-electron chi connectivity index (χ2n) is 12.3. The zero-order valence-electron chi connectivity index (χ0n) is 27.1. The first-order valence-electron chi connectivity index (χ1n) is 16.6. The molecule has 8 bridgehead atoms. The van der Waals surface area contributed by atoms with E-state index in [1.165, 1.54) is 0 Å². The zero-order valence-corrected chi connectivity index (χ0v) is 27.1. The van der Waals surface area contributed by atoms with Crippen molar-refractivity contribution < 1.29 is 0 Å². The molecule has 0 atom stereocenters. The van der Waals surface area contributed by atoms with Crippen LogP contribution in [0.2, 0.25) is 0 Å². The van der Waals surface area contributed by atoms with Crippen molar-refractivity contribution in [2.45, 2.75) is 0 Å². The smallest absolute Gasteiger partial charge is 0.0738 e. The third kappa shape index (κ3) is 5.15. The minimum atomic E-state index is 0.831. The van der Waals surface area contributed by atoms with Crippen LogP contribution in [0.4, 0.5) is 0 Å². The van der Waals surface area contributed by atoms with Gasteiger partial charge in [0.05, 0.1) is 22.8 Å². The van der Waals surface area contributed by atoms with E-state index >= 15 is 0 Å². The summed E-state index contributed by atoms with van der Waals surface area (Å²) in [7, 11) is 0. The van der Waals surface area contributed by atoms with E-state index in [1.807, 2.05) is 30.3 Å². The molecule has 4 heteroatoms. The van der Waals surface area contributed by atoms with Gasteiger partial charge in [0.2, 0.25) is 0 Å². The number of terminal acetylenes is 1. The molecule has 2 N–H and O–H groups in total. The van der Waals surface area contributed by atoms with Gasteiger partial charge in [0.15, 0.2) is 0 Å². The third-order valence-electron chi connectivity index (χ3n) is 9.28. The average Bonchev–Trinajstić information content (AvgIpc) is 4.01. The van der Waals surface area contributed by atoms with Crippen LogP contribution < -0.4 is 0 Å². The molecule has 234 valence electrons. The Labute approximate surface area is 290 Å². The first-order chi connectivity index (χ1) is 24.7. The molecule has 0 unspecified atom stereocenters. The van der Waals surface area contributed by atoms with Gasteiger partial charge in [-0.25, -0.2) is 9.97 Å². The Hall–Kier alpha value is -6.96. The van der Waals surface area contributed by atoms with Gasteiger partial charge in [-0.2, -0.15) is 0 Å². The lowest BCUT2D eigenvalue weighted by atomic mass is 10.0. The summed E-state index contributed by atoms with van der Waals surface area (Å²) in [6, 6.07) is 48.1. The summed E-state index contributed by atoms with van der Waals surface area (Å²) in [6.07, 6.45) is 14.2. The van der Waals surface area contributed by atoms with Crippen molar-refractivity contribution in [2.24, 2.45) is 0 Å². The molecule has 0 spiro atoms. The fourth-order valence-electron chi connectivity index (χ4n) is 6.97. The summed E-state index contributed by atoms with van der Waals surface area (Å²) in [4.78, 5) is 18.3. The second kappa shape index (κ2) is 12.2. The normalized spacial score (nSPS) is 11.8. The maximum atomic E-state index is 5.74. The van der Waals surface area contributed by atoms with Crippen LogP contribution in [0.15, 0.2) is 140 Å². The number of aromatic amines is 2. The molecule has 4 nitrogen and oxygen atoms in total. The van der Waals surface area contributed by atoms with Gasteiger partial charge in [-0.3, -0.25) is 0 Å². The quantitative estimate of drug-likeness (QED) is 0.188. The Balaban J connectivity index is 1.47. The van der Waals surface area contributed by atoms with E-state index in [-0.39, 0.29) is 0 Å². The van der Waals surface area contributed by atoms with Gasteiger partial charge in [-0.1, -0.05) is 109 Å². The van der Waals surface area contributed by atoms with Gasteiger partial charge in [0.1, 0.15) is 0 Å². The fraction of sp³-hybridized carbons (Fsp3) is 0. The van der Waals surface area contributed by atoms with Gasteiger partial charge < -0.3 is 9.97 Å². The maximum absolute atomic E-state index is 5.74. The molecule has 2 aliphatic rings. The predicted molar refractivity (Wildman–Crippen MR) is 209 cm³/mol. The third-order valence-corrected chi connectivity index (χ3v) is 9.28. The predicted octanol–water partition coefficient (Wildman–Crippen LogP) is 11.3. The zero-order chi connectivity index (χ0) is 33.4. The first-order valence-corrected chi connectivity index (χ1v) is 16.6. The largest absolute Gasteiger partial charge is 0.354 e. The van der Waals surface area contributed by atoms with Crippen molar-refractivity contribution in [1.82, 2.24) is 19.9 Å². The molecular formula is C46H30N4. The van der Waals surface area contributed by atoms with Gasteiger partial charge in [0, 0.05) is 49.9 Å². The number of hydrogen-bond donors (Lipinski definition) is 2. The molecule has 0 aliphatic carbocycles. The molecular weight excluding hydrogens is 609 g/mol. The number of hydrogen-bond acceptors (Lipinski definition) is 2. The summed E-state index contributed by atoms with van der Waals surface area (Å²) >= 11 is 0. The van der Waals surface area contributed by atoms with Crippen molar-refractivity contribution in [1.29, 1.82) is 0 Å². The van der Waals surface area contributed by atoms with Gasteiger partial charge in [-0.05, 0) is 83.0 Å². The van der Waals surface area contributed by atoms with Crippen LogP contribution in [0.1, 0.15) is 28.3 Å². The number of benzene rings is 4. The number of nitrogens with one attached hydrogen (secondary N) is 2. The lowest BCUT2D eigenvalue weighted by molar-refractivity contribution is 1.28. The SMILES string of the molecule is C#Cc1ccc(-c2c3nc(c(-c4ccccc4)c4nc(c(-c5ccccc5)c5ccc([nH]5)c(-c5ccccc5)c5ccc2[nH]5)C=C4)C=C3)cc1. The summed E-state index contributed by atoms with van der Waals surface area (Å²) in [6.45, 7) is 0. The number of aromatic nitrogens is 4. The molecule has 5 heterocycles. The topological polar surface area (TPSA) is 57.4 Å². The van der Waals surface area contributed by atoms with E-state index in [4.69, 9.17) is 16.4 Å². The van der Waals surface area contributed by atoms with Crippen molar-refractivity contribution >= 4 is 46.4 Å². The van der Waals surface area contributed by atoms with Crippen LogP contribution in [0, 0.1) is 12.3 Å². The Morgan fingerprint density at radius 2 is 0.700 bits per heavy atom. The lowest BCUT2D eigenvalue weighted by Gasteiger charge is -2.07. The lowest BCUT2D eigenvalue weighted by Crippen LogP contribution is -1.91. The minimum Gasteiger partial charge on any atom is -0.354 e. The number of H-pyrrole nitrogens is 2. The van der Waals surface area contributed by atoms with Crippen LogP contribution in [0.25, 0.3) is 90.9 Å². The molecule has 50 heavy (non-hydrogen) atoms. The van der Waals surface area contributed by atoms with Crippen LogP contribution in [0.3, 0.4) is 0 Å². The summed E-state index contributed by atoms with van der Waals surface area (Å²) < 4.78 is 0. The summed E-state index contributed by atoms with van der Waals surface area (Å²) in [5.74, 6) is 2.75. The molecule has 0 fully saturated rings. The molecule has 0 saturated heterocycles. The van der Waals surface area contributed by atoms with Crippen molar-refractivity contribution in [3.63, 3.8) is 0 Å². The second-order valence-corrected chi connectivity index (χ2v) is 12.3. The Kier molecular flexibility index (Phi) is 7.15. The highest BCUT2D eigenvalue weighted by atomic mass is 14.8. The summed E-state index contributed by atoms with van der Waals surface area (Å²) in [5, 5.41) is 0. The number of rotatable bonds is 4. The fourth-order valence-corrected chi connectivity index (χ4v) is 6.97. The van der Waals surface area contributed by atoms with Crippen LogP contribution >= 0.6 is 0 Å². The number of fused-ring (bicyclic) bond motifs is 8. The van der Waals surface area contributed by atoms with Crippen molar-refractivity contribution in [3.8, 4) is 56.9 Å². The maximum Gasteiger partial charge on any atom is 0.0738 e. The van der Waals surface area contributed by atoms with E-state index in [0.717, 1.165) is 94.9 Å². The average molecular weight is 639 g/mol. The highest BCUT2D eigenvalue weighted by Gasteiger charge is 2.19. The first kappa shape index (κ1) is 29.2. The number of nitrogens with zero attached hydrogens (tertiary/aromatic N) is 2. The standard InChI is InChI=1S/C46H30N4/c1-2-30-18-20-34(21-19-30)46-41-28-26-39(49-41)44(32-14-8-4-9-15-32)37-24-22-35(47-37)43(31-12-6-3-7-13-31)36-23-25-38(48-36)45(33-16-10-5-11-17-33)40-27-29-42(46)50-40/h1,3-29,47,49H. The molecule has 3 aromatic heterocycles. The van der Waals surface area contributed by atoms with E-state index in [9.17, 15) is 0 Å². The monoisotopic (exact) mass is 638 g/mol. The molecule has 0 radical (unpaired) electrons. The van der Waals surface area contributed by atoms with Crippen molar-refractivity contribution in [2.75, 3.05) is 0 Å². The molecule has 4 aromatic carbocycles. The van der Waals surface area contributed by atoms with E-state index in [0.29, 0.717) is 0 Å². The highest BCUT2D eigenvalue weighted by Crippen LogP contribution is 2.38. The van der Waals surface area contributed by atoms with E-state index < -0.39 is 0 Å². The van der Waals surface area contributed by atoms with Crippen molar-refractivity contribution in [3.05, 3.63) is 168 Å². The van der Waals surface area contributed by atoms with Gasteiger partial charge >= 0.3 is 0 Å². The molecule has 0 saturated carbocycles. The molecule has 0 amide bonds. The van der Waals surface area contributed by atoms with Crippen LogP contribution in [-0.2, 0) is 0 Å². The van der Waals surface area contributed by atoms with Gasteiger partial charge in [-0.15, -0.1) is 6.42 Å². The summed E-state index contributed by atoms with van der Waals surface area (Å²) in [5.41, 5.74) is 16.5. The molecule has 7 aromatic rings. The molecule has 9 rings (SSSR count). The van der Waals surface area contributed by atoms with E-state index in [2.05, 4.69) is 149 Å². The minimum absolute atomic E-state index is 0.831. The van der Waals surface area contributed by atoms with Gasteiger partial charge in [0.25, 0.3) is 0 Å². The van der Waals surface area contributed by atoms with Crippen LogP contribution in [0.5, 0.6) is 0 Å². The highest BCUT2D eigenvalue weighted by molar-refractivity contribution is 6.00.